The molecule has 1 heterocycles. The summed E-state index contributed by atoms with van der Waals surface area (Å²) in [4.78, 5) is 39.5. The van der Waals surface area contributed by atoms with Gasteiger partial charge in [-0.25, -0.2) is 0 Å². The quantitative estimate of drug-likeness (QED) is 0.684. The van der Waals surface area contributed by atoms with E-state index in [9.17, 15) is 19.5 Å². The lowest BCUT2D eigenvalue weighted by Gasteiger charge is -2.44. The average molecular weight is 474 g/mol. The molecule has 158 valence electrons. The van der Waals surface area contributed by atoms with Crippen molar-refractivity contribution in [3.05, 3.63) is 50.8 Å². The van der Waals surface area contributed by atoms with E-state index in [2.05, 4.69) is 15.9 Å². The molecule has 0 aromatic heterocycles. The number of carbonyl (C=O) groups excluding carboxylic acids is 2. The number of ether oxygens (including phenoxy) is 1. The van der Waals surface area contributed by atoms with Crippen LogP contribution in [0.15, 0.2) is 45.2 Å². The van der Waals surface area contributed by atoms with Crippen molar-refractivity contribution in [1.29, 1.82) is 0 Å². The monoisotopic (exact) mass is 473 g/mol. The summed E-state index contributed by atoms with van der Waals surface area (Å²) in [6.45, 7) is 0.284. The first kappa shape index (κ1) is 20.8. The fraction of sp³-hybridized carbons (Fsp3) is 0.435. The van der Waals surface area contributed by atoms with Gasteiger partial charge in [-0.3, -0.25) is 14.4 Å². The van der Waals surface area contributed by atoms with Gasteiger partial charge in [-0.2, -0.15) is 0 Å². The van der Waals surface area contributed by atoms with Crippen LogP contribution in [-0.2, 0) is 14.4 Å². The molecule has 0 saturated carbocycles. The second kappa shape index (κ2) is 8.38. The van der Waals surface area contributed by atoms with Crippen molar-refractivity contribution in [2.75, 3.05) is 13.7 Å². The Morgan fingerprint density at radius 1 is 1.10 bits per heavy atom. The molecule has 1 N–H and O–H groups in total. The Balaban J connectivity index is 1.91. The van der Waals surface area contributed by atoms with Crippen LogP contribution in [0.3, 0.4) is 0 Å². The molecule has 4 rings (SSSR count). The van der Waals surface area contributed by atoms with Crippen molar-refractivity contribution in [2.24, 2.45) is 0 Å². The molecular formula is C23H24BrNO5. The lowest BCUT2D eigenvalue weighted by Crippen LogP contribution is -2.39. The normalized spacial score (nSPS) is 19.7. The van der Waals surface area contributed by atoms with E-state index in [0.29, 0.717) is 29.7 Å². The first-order valence-corrected chi connectivity index (χ1v) is 11.1. The van der Waals surface area contributed by atoms with Crippen molar-refractivity contribution < 1.29 is 24.2 Å². The standard InChI is InChI=1S/C23H24BrNO5/c1-30-19-9-8-13(12-14(19)24)21-22-15(4-2-6-17(22)26)25(11-10-20(28)29)16-5-3-7-18(27)23(16)21/h8-9,12,21H,2-7,10-11H2,1H3,(H,28,29). The molecule has 3 aliphatic rings. The number of rotatable bonds is 5. The van der Waals surface area contributed by atoms with Crippen molar-refractivity contribution >= 4 is 33.5 Å². The number of hydrogen-bond acceptors (Lipinski definition) is 5. The number of aliphatic carboxylic acids is 1. The second-order valence-electron chi connectivity index (χ2n) is 7.90. The summed E-state index contributed by atoms with van der Waals surface area (Å²) in [7, 11) is 1.59. The van der Waals surface area contributed by atoms with Gasteiger partial charge in [0.25, 0.3) is 0 Å². The summed E-state index contributed by atoms with van der Waals surface area (Å²) < 4.78 is 6.12. The molecule has 0 unspecified atom stereocenters. The predicted octanol–water partition coefficient (Wildman–Crippen LogP) is 4.35. The Kier molecular flexibility index (Phi) is 5.82. The van der Waals surface area contributed by atoms with Gasteiger partial charge in [0.15, 0.2) is 11.6 Å². The number of nitrogens with zero attached hydrogens (tertiary/aromatic N) is 1. The summed E-state index contributed by atoms with van der Waals surface area (Å²) in [5, 5.41) is 9.24. The van der Waals surface area contributed by atoms with Gasteiger partial charge in [0.05, 0.1) is 18.0 Å². The van der Waals surface area contributed by atoms with Crippen molar-refractivity contribution in [2.45, 2.75) is 50.9 Å². The van der Waals surface area contributed by atoms with Gasteiger partial charge < -0.3 is 14.7 Å². The van der Waals surface area contributed by atoms with E-state index in [1.54, 1.807) is 7.11 Å². The molecule has 0 saturated heterocycles. The molecule has 30 heavy (non-hydrogen) atoms. The van der Waals surface area contributed by atoms with Gasteiger partial charge in [-0.15, -0.1) is 0 Å². The zero-order valence-corrected chi connectivity index (χ0v) is 18.5. The molecule has 2 aliphatic carbocycles. The van der Waals surface area contributed by atoms with Crippen LogP contribution in [0.5, 0.6) is 5.75 Å². The SMILES string of the molecule is COc1ccc(C2C3=C(CCCC3=O)N(CCC(=O)O)C3=C2C(=O)CCC3)cc1Br. The minimum absolute atomic E-state index is 0.0330. The van der Waals surface area contributed by atoms with Gasteiger partial charge in [0, 0.05) is 47.8 Å². The fourth-order valence-electron chi connectivity index (χ4n) is 4.89. The van der Waals surface area contributed by atoms with E-state index < -0.39 is 11.9 Å². The zero-order chi connectivity index (χ0) is 21.4. The number of methoxy groups -OCH3 is 1. The van der Waals surface area contributed by atoms with Gasteiger partial charge in [0.2, 0.25) is 0 Å². The van der Waals surface area contributed by atoms with Crippen LogP contribution in [0.1, 0.15) is 56.4 Å². The van der Waals surface area contributed by atoms with Crippen LogP contribution in [0.25, 0.3) is 0 Å². The van der Waals surface area contributed by atoms with Crippen LogP contribution < -0.4 is 4.74 Å². The van der Waals surface area contributed by atoms with Gasteiger partial charge in [-0.1, -0.05) is 6.07 Å². The topological polar surface area (TPSA) is 83.9 Å². The highest BCUT2D eigenvalue weighted by Gasteiger charge is 2.43. The van der Waals surface area contributed by atoms with Gasteiger partial charge in [-0.05, 0) is 59.3 Å². The smallest absolute Gasteiger partial charge is 0.305 e. The first-order chi connectivity index (χ1) is 14.4. The number of benzene rings is 1. The summed E-state index contributed by atoms with van der Waals surface area (Å²) >= 11 is 3.53. The Morgan fingerprint density at radius 2 is 1.70 bits per heavy atom. The van der Waals surface area contributed by atoms with Crippen LogP contribution in [-0.4, -0.2) is 41.2 Å². The van der Waals surface area contributed by atoms with Crippen molar-refractivity contribution in [1.82, 2.24) is 4.90 Å². The molecule has 0 bridgehead atoms. The molecule has 0 radical (unpaired) electrons. The molecule has 0 spiro atoms. The third kappa shape index (κ3) is 3.60. The van der Waals surface area contributed by atoms with Crippen LogP contribution in [0.2, 0.25) is 0 Å². The molecule has 0 amide bonds. The molecule has 0 atom stereocenters. The average Bonchev–Trinajstić information content (AvgIpc) is 2.71. The predicted molar refractivity (Wildman–Crippen MR) is 114 cm³/mol. The number of carboxylic acids is 1. The molecular weight excluding hydrogens is 450 g/mol. The van der Waals surface area contributed by atoms with Gasteiger partial charge in [0.1, 0.15) is 5.75 Å². The maximum absolute atomic E-state index is 13.1. The highest BCUT2D eigenvalue weighted by Crippen LogP contribution is 2.49. The Morgan fingerprint density at radius 3 is 2.20 bits per heavy atom. The number of carbonyl (C=O) groups is 3. The van der Waals surface area contributed by atoms with Crippen LogP contribution in [0.4, 0.5) is 0 Å². The molecule has 7 heteroatoms. The third-order valence-electron chi connectivity index (χ3n) is 6.14. The van der Waals surface area contributed by atoms with E-state index in [-0.39, 0.29) is 24.5 Å². The molecule has 1 aromatic carbocycles. The van der Waals surface area contributed by atoms with E-state index >= 15 is 0 Å². The van der Waals surface area contributed by atoms with Crippen molar-refractivity contribution in [3.8, 4) is 5.75 Å². The van der Waals surface area contributed by atoms with Crippen LogP contribution >= 0.6 is 15.9 Å². The van der Waals surface area contributed by atoms with Gasteiger partial charge >= 0.3 is 5.97 Å². The maximum Gasteiger partial charge on any atom is 0.305 e. The lowest BCUT2D eigenvalue weighted by molar-refractivity contribution is -0.137. The van der Waals surface area contributed by atoms with E-state index in [1.807, 2.05) is 23.1 Å². The third-order valence-corrected chi connectivity index (χ3v) is 6.76. The minimum atomic E-state index is -0.884. The van der Waals surface area contributed by atoms with Crippen LogP contribution in [0, 0.1) is 0 Å². The van der Waals surface area contributed by atoms with E-state index in [1.165, 1.54) is 0 Å². The number of Topliss-reactive ketones (excluding diaryl/α,β-unsaturated/α-hetero) is 2. The largest absolute Gasteiger partial charge is 0.496 e. The number of carboxylic acid groups (broad SMARTS) is 1. The summed E-state index contributed by atoms with van der Waals surface area (Å²) in [5.74, 6) is -0.494. The molecule has 1 aliphatic heterocycles. The highest BCUT2D eigenvalue weighted by atomic mass is 79.9. The fourth-order valence-corrected chi connectivity index (χ4v) is 5.45. The molecule has 1 aromatic rings. The summed E-state index contributed by atoms with van der Waals surface area (Å²) in [5.41, 5.74) is 4.01. The Labute approximate surface area is 183 Å². The zero-order valence-electron chi connectivity index (χ0n) is 16.9. The molecule has 6 nitrogen and oxygen atoms in total. The maximum atomic E-state index is 13.1. The summed E-state index contributed by atoms with van der Waals surface area (Å²) in [6, 6.07) is 5.69. The minimum Gasteiger partial charge on any atom is -0.496 e. The second-order valence-corrected chi connectivity index (χ2v) is 8.75. The lowest BCUT2D eigenvalue weighted by atomic mass is 9.71. The number of ketones is 2. The Hall–Kier alpha value is -2.41. The van der Waals surface area contributed by atoms with E-state index in [0.717, 1.165) is 47.1 Å². The highest BCUT2D eigenvalue weighted by molar-refractivity contribution is 9.10. The van der Waals surface area contributed by atoms with E-state index in [4.69, 9.17) is 4.74 Å². The first-order valence-electron chi connectivity index (χ1n) is 10.3. The number of halogens is 1. The number of hydrogen-bond donors (Lipinski definition) is 1. The number of allylic oxidation sites excluding steroid dienone is 4. The molecule has 0 fully saturated rings. The Bertz CT molecular complexity index is 949. The summed E-state index contributed by atoms with van der Waals surface area (Å²) in [6.07, 6.45) is 3.81. The van der Waals surface area contributed by atoms with Crippen molar-refractivity contribution in [3.63, 3.8) is 0 Å².